The van der Waals surface area contributed by atoms with E-state index < -0.39 is 0 Å². The molecule has 2 N–H and O–H groups in total. The van der Waals surface area contributed by atoms with Crippen LogP contribution < -0.4 is 5.73 Å². The van der Waals surface area contributed by atoms with Gasteiger partial charge in [0.2, 0.25) is 0 Å². The topological polar surface area (TPSA) is 72.1 Å². The lowest BCUT2D eigenvalue weighted by atomic mass is 10.2. The molecule has 0 radical (unpaired) electrons. The fraction of sp³-hybridized carbons (Fsp3) is 0.154. The van der Waals surface area contributed by atoms with Gasteiger partial charge in [0, 0.05) is 18.1 Å². The number of anilines is 1. The molecule has 1 amide bonds. The molecule has 5 nitrogen and oxygen atoms in total. The molecule has 98 valence electrons. The number of aromatic nitrogens is 2. The van der Waals surface area contributed by atoms with Gasteiger partial charge in [-0.2, -0.15) is 0 Å². The van der Waals surface area contributed by atoms with Gasteiger partial charge in [0.15, 0.2) is 0 Å². The van der Waals surface area contributed by atoms with Gasteiger partial charge in [-0.3, -0.25) is 9.78 Å². The summed E-state index contributed by atoms with van der Waals surface area (Å²) in [6, 6.07) is 7.79. The molecule has 2 aromatic rings. The highest BCUT2D eigenvalue weighted by atomic mass is 79.9. The van der Waals surface area contributed by atoms with Crippen molar-refractivity contribution < 1.29 is 4.79 Å². The Balaban J connectivity index is 2.12. The Morgan fingerprint density at radius 2 is 2.21 bits per heavy atom. The Morgan fingerprint density at radius 1 is 1.42 bits per heavy atom. The van der Waals surface area contributed by atoms with Crippen LogP contribution in [0.15, 0.2) is 41.1 Å². The summed E-state index contributed by atoms with van der Waals surface area (Å²) in [6.07, 6.45) is 2.82. The van der Waals surface area contributed by atoms with Gasteiger partial charge in [0.1, 0.15) is 11.5 Å². The Labute approximate surface area is 119 Å². The molecular weight excluding hydrogens is 308 g/mol. The molecule has 0 saturated carbocycles. The molecule has 1 aromatic carbocycles. The number of halogens is 1. The lowest BCUT2D eigenvalue weighted by Crippen LogP contribution is -2.27. The van der Waals surface area contributed by atoms with E-state index in [2.05, 4.69) is 25.9 Å². The van der Waals surface area contributed by atoms with Crippen molar-refractivity contribution in [1.29, 1.82) is 0 Å². The fourth-order valence-corrected chi connectivity index (χ4v) is 2.11. The molecule has 1 heterocycles. The van der Waals surface area contributed by atoms with Crippen molar-refractivity contribution in [2.75, 3.05) is 12.8 Å². The maximum atomic E-state index is 12.1. The highest BCUT2D eigenvalue weighted by Gasteiger charge is 2.14. The first-order valence-electron chi connectivity index (χ1n) is 5.63. The van der Waals surface area contributed by atoms with Crippen molar-refractivity contribution in [3.63, 3.8) is 0 Å². The molecule has 19 heavy (non-hydrogen) atoms. The second kappa shape index (κ2) is 5.79. The number of carbonyl (C=O) groups is 1. The SMILES string of the molecule is CN(Cc1cccc(Br)c1)C(=O)c1cncc(N)n1. The van der Waals surface area contributed by atoms with E-state index in [0.29, 0.717) is 6.54 Å². The monoisotopic (exact) mass is 320 g/mol. The van der Waals surface area contributed by atoms with Crippen LogP contribution in [0, 0.1) is 0 Å². The number of hydrogen-bond donors (Lipinski definition) is 1. The van der Waals surface area contributed by atoms with Gasteiger partial charge in [-0.1, -0.05) is 28.1 Å². The van der Waals surface area contributed by atoms with Crippen LogP contribution in [0.1, 0.15) is 16.1 Å². The van der Waals surface area contributed by atoms with E-state index in [9.17, 15) is 4.79 Å². The molecule has 0 spiro atoms. The minimum Gasteiger partial charge on any atom is -0.382 e. The van der Waals surface area contributed by atoms with Crippen molar-refractivity contribution in [2.24, 2.45) is 0 Å². The minimum absolute atomic E-state index is 0.209. The van der Waals surface area contributed by atoms with Gasteiger partial charge in [-0.05, 0) is 17.7 Å². The average molecular weight is 321 g/mol. The zero-order chi connectivity index (χ0) is 13.8. The summed E-state index contributed by atoms with van der Waals surface area (Å²) < 4.78 is 0.981. The van der Waals surface area contributed by atoms with Crippen molar-refractivity contribution in [1.82, 2.24) is 14.9 Å². The highest BCUT2D eigenvalue weighted by molar-refractivity contribution is 9.10. The summed E-state index contributed by atoms with van der Waals surface area (Å²) in [6.45, 7) is 0.495. The van der Waals surface area contributed by atoms with Crippen LogP contribution in [0.4, 0.5) is 5.82 Å². The van der Waals surface area contributed by atoms with Crippen LogP contribution in [-0.4, -0.2) is 27.8 Å². The third-order valence-corrected chi connectivity index (χ3v) is 3.02. The zero-order valence-electron chi connectivity index (χ0n) is 10.4. The first-order valence-corrected chi connectivity index (χ1v) is 6.43. The fourth-order valence-electron chi connectivity index (χ4n) is 1.66. The van der Waals surface area contributed by atoms with E-state index in [4.69, 9.17) is 5.73 Å². The standard InChI is InChI=1S/C13H13BrN4O/c1-18(8-9-3-2-4-10(14)5-9)13(19)11-6-16-7-12(15)17-11/h2-7H,8H2,1H3,(H2,15,17). The molecule has 0 aliphatic heterocycles. The van der Waals surface area contributed by atoms with E-state index in [0.717, 1.165) is 10.0 Å². The largest absolute Gasteiger partial charge is 0.382 e. The summed E-state index contributed by atoms with van der Waals surface area (Å²) >= 11 is 3.40. The number of rotatable bonds is 3. The van der Waals surface area contributed by atoms with E-state index >= 15 is 0 Å². The molecule has 1 aromatic heterocycles. The predicted molar refractivity (Wildman–Crippen MR) is 76.4 cm³/mol. The summed E-state index contributed by atoms with van der Waals surface area (Å²) in [5, 5.41) is 0. The van der Waals surface area contributed by atoms with Crippen LogP contribution in [-0.2, 0) is 6.54 Å². The maximum absolute atomic E-state index is 12.1. The molecule has 0 aliphatic carbocycles. The molecule has 2 rings (SSSR count). The molecule has 0 saturated heterocycles. The number of amides is 1. The molecule has 0 aliphatic rings. The minimum atomic E-state index is -0.209. The number of nitrogen functional groups attached to an aromatic ring is 1. The van der Waals surface area contributed by atoms with Gasteiger partial charge in [-0.25, -0.2) is 4.98 Å². The number of hydrogen-bond acceptors (Lipinski definition) is 4. The van der Waals surface area contributed by atoms with Gasteiger partial charge >= 0.3 is 0 Å². The highest BCUT2D eigenvalue weighted by Crippen LogP contribution is 2.13. The number of carbonyl (C=O) groups excluding carboxylic acids is 1. The van der Waals surface area contributed by atoms with Crippen molar-refractivity contribution in [3.8, 4) is 0 Å². The van der Waals surface area contributed by atoms with E-state index in [1.165, 1.54) is 12.4 Å². The van der Waals surface area contributed by atoms with Gasteiger partial charge < -0.3 is 10.6 Å². The molecular formula is C13H13BrN4O. The molecule has 6 heteroatoms. The number of nitrogens with two attached hydrogens (primary N) is 1. The van der Waals surface area contributed by atoms with Crippen LogP contribution in [0.5, 0.6) is 0 Å². The summed E-state index contributed by atoms with van der Waals surface area (Å²) in [5.41, 5.74) is 6.80. The van der Waals surface area contributed by atoms with Crippen LogP contribution >= 0.6 is 15.9 Å². The van der Waals surface area contributed by atoms with Gasteiger partial charge in [-0.15, -0.1) is 0 Å². The van der Waals surface area contributed by atoms with Crippen LogP contribution in [0.2, 0.25) is 0 Å². The average Bonchev–Trinajstić information content (AvgIpc) is 2.38. The number of benzene rings is 1. The predicted octanol–water partition coefficient (Wildman–Crippen LogP) is 2.09. The Morgan fingerprint density at radius 3 is 2.89 bits per heavy atom. The third kappa shape index (κ3) is 3.51. The summed E-state index contributed by atoms with van der Waals surface area (Å²) in [7, 11) is 1.72. The Bertz CT molecular complexity index is 603. The first-order chi connectivity index (χ1) is 9.06. The van der Waals surface area contributed by atoms with Crippen molar-refractivity contribution in [2.45, 2.75) is 6.54 Å². The zero-order valence-corrected chi connectivity index (χ0v) is 12.0. The Kier molecular flexibility index (Phi) is 4.11. The third-order valence-electron chi connectivity index (χ3n) is 2.53. The van der Waals surface area contributed by atoms with E-state index in [1.807, 2.05) is 24.3 Å². The summed E-state index contributed by atoms with van der Waals surface area (Å²) in [5.74, 6) is 0.0291. The van der Waals surface area contributed by atoms with E-state index in [1.54, 1.807) is 11.9 Å². The molecule has 0 fully saturated rings. The van der Waals surface area contributed by atoms with Crippen LogP contribution in [0.3, 0.4) is 0 Å². The smallest absolute Gasteiger partial charge is 0.274 e. The van der Waals surface area contributed by atoms with Gasteiger partial charge in [0.25, 0.3) is 5.91 Å². The van der Waals surface area contributed by atoms with Crippen molar-refractivity contribution in [3.05, 3.63) is 52.4 Å². The normalized spacial score (nSPS) is 10.2. The lowest BCUT2D eigenvalue weighted by molar-refractivity contribution is 0.0779. The lowest BCUT2D eigenvalue weighted by Gasteiger charge is -2.16. The first kappa shape index (κ1) is 13.5. The summed E-state index contributed by atoms with van der Waals surface area (Å²) in [4.78, 5) is 21.6. The van der Waals surface area contributed by atoms with Gasteiger partial charge in [0.05, 0.1) is 12.4 Å². The number of nitrogens with zero attached hydrogens (tertiary/aromatic N) is 3. The molecule has 0 bridgehead atoms. The molecule has 0 atom stereocenters. The molecule has 0 unspecified atom stereocenters. The second-order valence-electron chi connectivity index (χ2n) is 4.12. The van der Waals surface area contributed by atoms with Crippen LogP contribution in [0.25, 0.3) is 0 Å². The van der Waals surface area contributed by atoms with Crippen molar-refractivity contribution >= 4 is 27.7 Å². The van der Waals surface area contributed by atoms with E-state index in [-0.39, 0.29) is 17.4 Å². The Hall–Kier alpha value is -1.95. The quantitative estimate of drug-likeness (QED) is 0.940. The maximum Gasteiger partial charge on any atom is 0.274 e. The second-order valence-corrected chi connectivity index (χ2v) is 5.04.